The Hall–Kier alpha value is -2.64. The summed E-state index contributed by atoms with van der Waals surface area (Å²) in [6, 6.07) is 5.14. The van der Waals surface area contributed by atoms with E-state index in [0.717, 1.165) is 6.07 Å². The molecule has 1 rings (SSSR count). The molecule has 0 amide bonds. The second-order valence-corrected chi connectivity index (χ2v) is 4.33. The molecule has 0 aliphatic carbocycles. The highest BCUT2D eigenvalue weighted by Crippen LogP contribution is 2.25. The summed E-state index contributed by atoms with van der Waals surface area (Å²) >= 11 is 0. The van der Waals surface area contributed by atoms with E-state index in [1.54, 1.807) is 13.8 Å². The Morgan fingerprint density at radius 3 is 2.18 bits per heavy atom. The number of non-ortho nitro benzene ring substituents is 1. The second-order valence-electron chi connectivity index (χ2n) is 4.33. The van der Waals surface area contributed by atoms with E-state index >= 15 is 0 Å². The maximum Gasteiger partial charge on any atom is 0.362 e. The minimum atomic E-state index is -2.04. The molecule has 0 unspecified atom stereocenters. The molecular weight excluding hydrogens is 294 g/mol. The number of nitro benzene ring substituents is 1. The van der Waals surface area contributed by atoms with Crippen LogP contribution in [-0.4, -0.2) is 35.7 Å². The van der Waals surface area contributed by atoms with Crippen molar-refractivity contribution in [2.75, 3.05) is 13.2 Å². The Balaban J connectivity index is 3.12. The third-order valence-electron chi connectivity index (χ3n) is 2.68. The highest BCUT2D eigenvalue weighted by atomic mass is 16.6. The van der Waals surface area contributed by atoms with Gasteiger partial charge in [-0.1, -0.05) is 6.07 Å². The van der Waals surface area contributed by atoms with E-state index in [0.29, 0.717) is 0 Å². The van der Waals surface area contributed by atoms with Crippen molar-refractivity contribution in [1.29, 1.82) is 0 Å². The highest BCUT2D eigenvalue weighted by Gasteiger charge is 2.47. The van der Waals surface area contributed by atoms with E-state index in [1.807, 2.05) is 0 Å². The standard InChI is InChI=1S/C14H17NO7/c1-4-20-12(16)14(3,13(17)21-5-2)22-11-8-6-7-10(9-11)15(18)19/h6-9H,4-5H2,1-3H3. The van der Waals surface area contributed by atoms with Crippen molar-refractivity contribution in [2.24, 2.45) is 0 Å². The molecule has 0 aliphatic rings. The average Bonchev–Trinajstić information content (AvgIpc) is 2.47. The lowest BCUT2D eigenvalue weighted by Gasteiger charge is -2.25. The number of nitrogens with zero attached hydrogens (tertiary/aromatic N) is 1. The van der Waals surface area contributed by atoms with Gasteiger partial charge in [-0.15, -0.1) is 0 Å². The van der Waals surface area contributed by atoms with Gasteiger partial charge in [-0.05, 0) is 26.8 Å². The summed E-state index contributed by atoms with van der Waals surface area (Å²) in [6.07, 6.45) is 0. The van der Waals surface area contributed by atoms with Gasteiger partial charge in [-0.25, -0.2) is 9.59 Å². The molecule has 0 saturated heterocycles. The smallest absolute Gasteiger partial charge is 0.362 e. The molecule has 8 heteroatoms. The Bertz CT molecular complexity index is 552. The second kappa shape index (κ2) is 7.39. The molecule has 0 saturated carbocycles. The molecule has 0 N–H and O–H groups in total. The topological polar surface area (TPSA) is 105 Å². The zero-order valence-electron chi connectivity index (χ0n) is 12.5. The molecular formula is C14H17NO7. The van der Waals surface area contributed by atoms with Gasteiger partial charge in [0.25, 0.3) is 11.3 Å². The molecule has 8 nitrogen and oxygen atoms in total. The first-order valence-electron chi connectivity index (χ1n) is 6.63. The van der Waals surface area contributed by atoms with E-state index in [4.69, 9.17) is 14.2 Å². The molecule has 22 heavy (non-hydrogen) atoms. The van der Waals surface area contributed by atoms with Crippen LogP contribution in [0.5, 0.6) is 5.75 Å². The van der Waals surface area contributed by atoms with Crippen LogP contribution in [0.1, 0.15) is 20.8 Å². The summed E-state index contributed by atoms with van der Waals surface area (Å²) in [5.41, 5.74) is -2.27. The van der Waals surface area contributed by atoms with Gasteiger partial charge in [0.2, 0.25) is 0 Å². The van der Waals surface area contributed by atoms with E-state index in [2.05, 4.69) is 0 Å². The van der Waals surface area contributed by atoms with Crippen LogP contribution >= 0.6 is 0 Å². The van der Waals surface area contributed by atoms with Crippen molar-refractivity contribution in [3.63, 3.8) is 0 Å². The monoisotopic (exact) mass is 311 g/mol. The maximum atomic E-state index is 12.0. The van der Waals surface area contributed by atoms with E-state index < -0.39 is 22.5 Å². The summed E-state index contributed by atoms with van der Waals surface area (Å²) < 4.78 is 15.0. The fraction of sp³-hybridized carbons (Fsp3) is 0.429. The molecule has 120 valence electrons. The first kappa shape index (κ1) is 17.4. The third kappa shape index (κ3) is 3.94. The number of esters is 2. The van der Waals surface area contributed by atoms with Gasteiger partial charge in [0.15, 0.2) is 0 Å². The Morgan fingerprint density at radius 1 is 1.18 bits per heavy atom. The molecule has 1 aromatic rings. The third-order valence-corrected chi connectivity index (χ3v) is 2.68. The van der Waals surface area contributed by atoms with Gasteiger partial charge < -0.3 is 14.2 Å². The number of rotatable bonds is 7. The summed E-state index contributed by atoms with van der Waals surface area (Å²) in [5, 5.41) is 10.8. The minimum absolute atomic E-state index is 0.0159. The van der Waals surface area contributed by atoms with Crippen LogP contribution in [0.15, 0.2) is 24.3 Å². The molecule has 0 heterocycles. The molecule has 0 bridgehead atoms. The predicted molar refractivity (Wildman–Crippen MR) is 75.4 cm³/mol. The minimum Gasteiger partial charge on any atom is -0.464 e. The van der Waals surface area contributed by atoms with Crippen LogP contribution in [0.3, 0.4) is 0 Å². The van der Waals surface area contributed by atoms with Crippen LogP contribution < -0.4 is 4.74 Å². The number of carbonyl (C=O) groups excluding carboxylic acids is 2. The SMILES string of the molecule is CCOC(=O)C(C)(Oc1cccc([N+](=O)[O-])c1)C(=O)OCC. The van der Waals surface area contributed by atoms with Gasteiger partial charge in [0.1, 0.15) is 5.75 Å². The number of carbonyl (C=O) groups is 2. The Morgan fingerprint density at radius 2 is 1.73 bits per heavy atom. The van der Waals surface area contributed by atoms with Crippen LogP contribution in [0.25, 0.3) is 0 Å². The van der Waals surface area contributed by atoms with E-state index in [-0.39, 0.29) is 24.7 Å². The lowest BCUT2D eigenvalue weighted by Crippen LogP contribution is -2.51. The molecule has 1 aromatic carbocycles. The summed E-state index contributed by atoms with van der Waals surface area (Å²) in [5.74, 6) is -1.88. The highest BCUT2D eigenvalue weighted by molar-refractivity contribution is 6.03. The summed E-state index contributed by atoms with van der Waals surface area (Å²) in [6.45, 7) is 4.45. The zero-order chi connectivity index (χ0) is 16.8. The summed E-state index contributed by atoms with van der Waals surface area (Å²) in [7, 11) is 0. The fourth-order valence-electron chi connectivity index (χ4n) is 1.60. The van der Waals surface area contributed by atoms with Crippen LogP contribution in [0.4, 0.5) is 5.69 Å². The Kier molecular flexibility index (Phi) is 5.85. The zero-order valence-corrected chi connectivity index (χ0v) is 12.5. The number of nitro groups is 1. The van der Waals surface area contributed by atoms with E-state index in [9.17, 15) is 19.7 Å². The first-order chi connectivity index (χ1) is 10.3. The number of hydrogen-bond donors (Lipinski definition) is 0. The van der Waals surface area contributed by atoms with Crippen molar-refractivity contribution in [1.82, 2.24) is 0 Å². The van der Waals surface area contributed by atoms with Crippen molar-refractivity contribution in [3.8, 4) is 5.75 Å². The molecule has 0 atom stereocenters. The van der Waals surface area contributed by atoms with Crippen molar-refractivity contribution in [2.45, 2.75) is 26.4 Å². The average molecular weight is 311 g/mol. The number of ether oxygens (including phenoxy) is 3. The molecule has 0 spiro atoms. The number of hydrogen-bond acceptors (Lipinski definition) is 7. The van der Waals surface area contributed by atoms with Crippen LogP contribution in [-0.2, 0) is 19.1 Å². The van der Waals surface area contributed by atoms with Gasteiger partial charge in [-0.3, -0.25) is 10.1 Å². The molecule has 0 aliphatic heterocycles. The first-order valence-corrected chi connectivity index (χ1v) is 6.63. The molecule has 0 aromatic heterocycles. The fourth-order valence-corrected chi connectivity index (χ4v) is 1.60. The Labute approximate surface area is 127 Å². The van der Waals surface area contributed by atoms with Gasteiger partial charge in [0, 0.05) is 6.07 Å². The van der Waals surface area contributed by atoms with Gasteiger partial charge >= 0.3 is 11.9 Å². The van der Waals surface area contributed by atoms with Crippen molar-refractivity contribution >= 4 is 17.6 Å². The lowest BCUT2D eigenvalue weighted by atomic mass is 10.1. The molecule has 0 fully saturated rings. The largest absolute Gasteiger partial charge is 0.464 e. The van der Waals surface area contributed by atoms with Gasteiger partial charge in [-0.2, -0.15) is 0 Å². The lowest BCUT2D eigenvalue weighted by molar-refractivity contribution is -0.385. The van der Waals surface area contributed by atoms with Crippen LogP contribution in [0, 0.1) is 10.1 Å². The maximum absolute atomic E-state index is 12.0. The quantitative estimate of drug-likeness (QED) is 0.327. The predicted octanol–water partition coefficient (Wildman–Crippen LogP) is 1.86. The van der Waals surface area contributed by atoms with Crippen molar-refractivity contribution in [3.05, 3.63) is 34.4 Å². The van der Waals surface area contributed by atoms with Crippen molar-refractivity contribution < 1.29 is 28.7 Å². The van der Waals surface area contributed by atoms with Gasteiger partial charge in [0.05, 0.1) is 24.2 Å². The van der Waals surface area contributed by atoms with Crippen LogP contribution in [0.2, 0.25) is 0 Å². The summed E-state index contributed by atoms with van der Waals surface area (Å²) in [4.78, 5) is 34.2. The molecule has 0 radical (unpaired) electrons. The number of benzene rings is 1. The normalized spacial score (nSPS) is 10.7. The van der Waals surface area contributed by atoms with E-state index in [1.165, 1.54) is 25.1 Å².